The van der Waals surface area contributed by atoms with Crippen LogP contribution in [-0.2, 0) is 19.6 Å². The van der Waals surface area contributed by atoms with Crippen LogP contribution in [0, 0.1) is 0 Å². The number of carbonyl (C=O) groups excluding carboxylic acids is 2. The third kappa shape index (κ3) is 5.91. The molecule has 2 amide bonds. The quantitative estimate of drug-likeness (QED) is 0.720. The van der Waals surface area contributed by atoms with Gasteiger partial charge in [0, 0.05) is 24.6 Å². The molecule has 11 heteroatoms. The van der Waals surface area contributed by atoms with Crippen LogP contribution in [0.25, 0.3) is 0 Å². The number of ether oxygens (including phenoxy) is 1. The molecular formula is C20H25N5O5S. The van der Waals surface area contributed by atoms with Gasteiger partial charge in [0.25, 0.3) is 10.0 Å². The van der Waals surface area contributed by atoms with Gasteiger partial charge in [-0.15, -0.1) is 0 Å². The highest BCUT2D eigenvalue weighted by Crippen LogP contribution is 2.23. The van der Waals surface area contributed by atoms with Crippen LogP contribution in [0.1, 0.15) is 33.6 Å². The molecule has 0 saturated carbocycles. The largest absolute Gasteiger partial charge is 0.444 e. The first-order valence-corrected chi connectivity index (χ1v) is 11.2. The number of aromatic nitrogens is 2. The zero-order valence-electron chi connectivity index (χ0n) is 17.5. The fraction of sp³-hybridized carbons (Fsp3) is 0.400. The van der Waals surface area contributed by atoms with Gasteiger partial charge in [-0.25, -0.2) is 27.9 Å². The van der Waals surface area contributed by atoms with E-state index in [1.54, 1.807) is 26.8 Å². The van der Waals surface area contributed by atoms with Gasteiger partial charge in [0.2, 0.25) is 11.9 Å². The fourth-order valence-electron chi connectivity index (χ4n) is 3.05. The summed E-state index contributed by atoms with van der Waals surface area (Å²) in [5.41, 5.74) is -0.239. The van der Waals surface area contributed by atoms with Crippen molar-refractivity contribution in [3.63, 3.8) is 0 Å². The van der Waals surface area contributed by atoms with Gasteiger partial charge in [-0.1, -0.05) is 0 Å². The summed E-state index contributed by atoms with van der Waals surface area (Å²) in [5.74, 6) is -0.391. The van der Waals surface area contributed by atoms with Crippen LogP contribution < -0.4 is 10.0 Å². The molecule has 10 nitrogen and oxygen atoms in total. The van der Waals surface area contributed by atoms with E-state index in [0.717, 1.165) is 0 Å². The number of amides is 2. The summed E-state index contributed by atoms with van der Waals surface area (Å²) in [6.07, 6.45) is 3.54. The van der Waals surface area contributed by atoms with E-state index in [0.29, 0.717) is 25.1 Å². The van der Waals surface area contributed by atoms with E-state index in [4.69, 9.17) is 4.74 Å². The molecule has 1 aromatic heterocycles. The predicted molar refractivity (Wildman–Crippen MR) is 114 cm³/mol. The third-order valence-corrected chi connectivity index (χ3v) is 5.75. The maximum atomic E-state index is 12.7. The highest BCUT2D eigenvalue weighted by atomic mass is 32.2. The van der Waals surface area contributed by atoms with E-state index in [1.807, 2.05) is 0 Å². The smallest absolute Gasteiger partial charge is 0.410 e. The van der Waals surface area contributed by atoms with Crippen molar-refractivity contribution < 1.29 is 22.7 Å². The van der Waals surface area contributed by atoms with Gasteiger partial charge in [0.15, 0.2) is 0 Å². The van der Waals surface area contributed by atoms with Crippen molar-refractivity contribution in [2.45, 2.75) is 50.2 Å². The van der Waals surface area contributed by atoms with Gasteiger partial charge >= 0.3 is 6.09 Å². The Morgan fingerprint density at radius 2 is 1.77 bits per heavy atom. The average Bonchev–Trinajstić information content (AvgIpc) is 3.18. The normalized spacial score (nSPS) is 16.6. The Labute approximate surface area is 181 Å². The zero-order valence-corrected chi connectivity index (χ0v) is 18.3. The highest BCUT2D eigenvalue weighted by Gasteiger charge is 2.36. The number of likely N-dealkylation sites (tertiary alicyclic amines) is 1. The Kier molecular flexibility index (Phi) is 6.44. The molecule has 1 fully saturated rings. The number of anilines is 2. The van der Waals surface area contributed by atoms with Crippen LogP contribution >= 0.6 is 0 Å². The van der Waals surface area contributed by atoms with Crippen LogP contribution in [0.5, 0.6) is 0 Å². The predicted octanol–water partition coefficient (Wildman–Crippen LogP) is 2.62. The SMILES string of the molecule is CC(C)(C)OC(=O)N1CCCC1C(=O)Nc1ccc(S(=O)(=O)Nc2ncccn2)cc1. The van der Waals surface area contributed by atoms with Crippen molar-refractivity contribution >= 4 is 33.7 Å². The molecule has 0 radical (unpaired) electrons. The maximum absolute atomic E-state index is 12.7. The van der Waals surface area contributed by atoms with Crippen LogP contribution in [0.15, 0.2) is 47.6 Å². The minimum Gasteiger partial charge on any atom is -0.444 e. The standard InChI is InChI=1S/C20H25N5O5S/c1-20(2,3)30-19(27)25-13-4-6-16(25)17(26)23-14-7-9-15(10-8-14)31(28,29)24-18-21-11-5-12-22-18/h5,7-12,16H,4,6,13H2,1-3H3,(H,23,26)(H,21,22,24). The molecule has 1 aromatic carbocycles. The van der Waals surface area contributed by atoms with E-state index < -0.39 is 27.8 Å². The molecule has 2 N–H and O–H groups in total. The number of nitrogens with one attached hydrogen (secondary N) is 2. The number of rotatable bonds is 5. The molecule has 1 unspecified atom stereocenters. The number of nitrogens with zero attached hydrogens (tertiary/aromatic N) is 3. The Morgan fingerprint density at radius 3 is 2.39 bits per heavy atom. The molecule has 31 heavy (non-hydrogen) atoms. The minimum absolute atomic E-state index is 0.00537. The lowest BCUT2D eigenvalue weighted by molar-refractivity contribution is -0.120. The van der Waals surface area contributed by atoms with Gasteiger partial charge in [-0.3, -0.25) is 9.69 Å². The van der Waals surface area contributed by atoms with Gasteiger partial charge in [0.1, 0.15) is 11.6 Å². The Morgan fingerprint density at radius 1 is 1.13 bits per heavy atom. The van der Waals surface area contributed by atoms with E-state index in [2.05, 4.69) is 20.0 Å². The van der Waals surface area contributed by atoms with Crippen LogP contribution in [0.3, 0.4) is 0 Å². The number of hydrogen-bond acceptors (Lipinski definition) is 7. The molecule has 1 atom stereocenters. The summed E-state index contributed by atoms with van der Waals surface area (Å²) < 4.78 is 32.5. The molecule has 2 heterocycles. The molecule has 0 bridgehead atoms. The van der Waals surface area contributed by atoms with Crippen molar-refractivity contribution in [3.8, 4) is 0 Å². The van der Waals surface area contributed by atoms with Crippen LogP contribution in [0.2, 0.25) is 0 Å². The summed E-state index contributed by atoms with van der Waals surface area (Å²) in [6.45, 7) is 5.75. The first kappa shape index (κ1) is 22.5. The fourth-order valence-corrected chi connectivity index (χ4v) is 4.01. The Balaban J connectivity index is 1.65. The van der Waals surface area contributed by atoms with Gasteiger partial charge in [-0.2, -0.15) is 0 Å². The van der Waals surface area contributed by atoms with E-state index in [-0.39, 0.29) is 16.8 Å². The summed E-state index contributed by atoms with van der Waals surface area (Å²) in [4.78, 5) is 34.2. The summed E-state index contributed by atoms with van der Waals surface area (Å²) in [5, 5.41) is 2.73. The lowest BCUT2D eigenvalue weighted by Gasteiger charge is -2.28. The molecule has 0 spiro atoms. The number of hydrogen-bond donors (Lipinski definition) is 2. The Hall–Kier alpha value is -3.21. The topological polar surface area (TPSA) is 131 Å². The third-order valence-electron chi connectivity index (χ3n) is 4.41. The van der Waals surface area contributed by atoms with E-state index >= 15 is 0 Å². The van der Waals surface area contributed by atoms with Crippen molar-refractivity contribution in [2.75, 3.05) is 16.6 Å². The monoisotopic (exact) mass is 447 g/mol. The molecular weight excluding hydrogens is 422 g/mol. The molecule has 3 rings (SSSR count). The average molecular weight is 448 g/mol. The first-order chi connectivity index (χ1) is 14.5. The summed E-state index contributed by atoms with van der Waals surface area (Å²) in [6, 6.07) is 6.61. The first-order valence-electron chi connectivity index (χ1n) is 9.75. The van der Waals surface area contributed by atoms with Crippen LogP contribution in [-0.4, -0.2) is 53.5 Å². The van der Waals surface area contributed by atoms with E-state index in [1.165, 1.54) is 41.6 Å². The second-order valence-corrected chi connectivity index (χ2v) is 9.71. The van der Waals surface area contributed by atoms with Gasteiger partial charge in [0.05, 0.1) is 4.90 Å². The molecule has 0 aliphatic carbocycles. The molecule has 2 aromatic rings. The molecule has 1 saturated heterocycles. The lowest BCUT2D eigenvalue weighted by atomic mass is 10.2. The molecule has 1 aliphatic rings. The number of sulfonamides is 1. The number of carbonyl (C=O) groups is 2. The van der Waals surface area contributed by atoms with Gasteiger partial charge in [-0.05, 0) is 63.9 Å². The molecule has 1 aliphatic heterocycles. The summed E-state index contributed by atoms with van der Waals surface area (Å²) in [7, 11) is -3.87. The van der Waals surface area contributed by atoms with E-state index in [9.17, 15) is 18.0 Å². The minimum atomic E-state index is -3.87. The second kappa shape index (κ2) is 8.88. The van der Waals surface area contributed by atoms with Crippen molar-refractivity contribution in [3.05, 3.63) is 42.7 Å². The van der Waals surface area contributed by atoms with Crippen LogP contribution in [0.4, 0.5) is 16.4 Å². The summed E-state index contributed by atoms with van der Waals surface area (Å²) >= 11 is 0. The van der Waals surface area contributed by atoms with Crippen molar-refractivity contribution in [1.29, 1.82) is 0 Å². The number of benzene rings is 1. The van der Waals surface area contributed by atoms with Gasteiger partial charge < -0.3 is 10.1 Å². The highest BCUT2D eigenvalue weighted by molar-refractivity contribution is 7.92. The van der Waals surface area contributed by atoms with Crippen molar-refractivity contribution in [2.24, 2.45) is 0 Å². The molecule has 166 valence electrons. The lowest BCUT2D eigenvalue weighted by Crippen LogP contribution is -2.45. The van der Waals surface area contributed by atoms with Crippen molar-refractivity contribution in [1.82, 2.24) is 14.9 Å². The Bertz CT molecular complexity index is 1040. The second-order valence-electron chi connectivity index (χ2n) is 8.02. The maximum Gasteiger partial charge on any atom is 0.410 e. The zero-order chi connectivity index (χ0) is 22.6.